The number of Topliss-reactive ketones (excluding diaryl/α,β-unsaturated/α-hetero) is 1. The van der Waals surface area contributed by atoms with E-state index in [1.54, 1.807) is 0 Å². The van der Waals surface area contributed by atoms with Gasteiger partial charge in [0.25, 0.3) is 0 Å². The standard InChI is InChI=1S/C18H25NO/c1-2-17(19-11-5-6-12-19)18(20)16-10-9-14-7-3-4-8-15(14)13-16/h9-10,13,17H,2-8,11-12H2,1H3. The van der Waals surface area contributed by atoms with E-state index >= 15 is 0 Å². The SMILES string of the molecule is CCC(C(=O)c1ccc2c(c1)CCCC2)N1CCCC1. The van der Waals surface area contributed by atoms with Crippen molar-refractivity contribution in [3.05, 3.63) is 34.9 Å². The lowest BCUT2D eigenvalue weighted by atomic mass is 9.88. The molecule has 2 heteroatoms. The topological polar surface area (TPSA) is 20.3 Å². The van der Waals surface area contributed by atoms with Crippen LogP contribution in [0.5, 0.6) is 0 Å². The molecule has 1 fully saturated rings. The van der Waals surface area contributed by atoms with Crippen molar-refractivity contribution < 1.29 is 4.79 Å². The van der Waals surface area contributed by atoms with E-state index in [9.17, 15) is 4.79 Å². The smallest absolute Gasteiger partial charge is 0.179 e. The van der Waals surface area contributed by atoms with Crippen molar-refractivity contribution in [1.82, 2.24) is 4.90 Å². The van der Waals surface area contributed by atoms with Crippen LogP contribution in [0.4, 0.5) is 0 Å². The Morgan fingerprint density at radius 2 is 1.80 bits per heavy atom. The Bertz CT molecular complexity index is 488. The van der Waals surface area contributed by atoms with E-state index in [1.165, 1.54) is 43.2 Å². The number of benzene rings is 1. The number of nitrogens with zero attached hydrogens (tertiary/aromatic N) is 1. The molecule has 108 valence electrons. The minimum absolute atomic E-state index is 0.0964. The van der Waals surface area contributed by atoms with Crippen molar-refractivity contribution in [2.24, 2.45) is 0 Å². The lowest BCUT2D eigenvalue weighted by Gasteiger charge is -2.25. The summed E-state index contributed by atoms with van der Waals surface area (Å²) in [6.07, 6.45) is 8.32. The van der Waals surface area contributed by atoms with E-state index in [4.69, 9.17) is 0 Å². The van der Waals surface area contributed by atoms with Crippen LogP contribution in [0, 0.1) is 0 Å². The molecule has 0 saturated carbocycles. The first kappa shape index (κ1) is 13.8. The first-order valence-electron chi connectivity index (χ1n) is 8.19. The van der Waals surface area contributed by atoms with Gasteiger partial charge in [0.2, 0.25) is 0 Å². The van der Waals surface area contributed by atoms with Gasteiger partial charge in [-0.3, -0.25) is 9.69 Å². The van der Waals surface area contributed by atoms with Gasteiger partial charge in [-0.15, -0.1) is 0 Å². The van der Waals surface area contributed by atoms with Crippen LogP contribution >= 0.6 is 0 Å². The average Bonchev–Trinajstić information content (AvgIpc) is 3.01. The maximum absolute atomic E-state index is 12.8. The second-order valence-corrected chi connectivity index (χ2v) is 6.22. The molecule has 0 spiro atoms. The molecule has 20 heavy (non-hydrogen) atoms. The van der Waals surface area contributed by atoms with Gasteiger partial charge in [0, 0.05) is 5.56 Å². The number of fused-ring (bicyclic) bond motifs is 1. The Morgan fingerprint density at radius 1 is 1.10 bits per heavy atom. The highest BCUT2D eigenvalue weighted by Gasteiger charge is 2.27. The van der Waals surface area contributed by atoms with Gasteiger partial charge in [0.1, 0.15) is 0 Å². The van der Waals surface area contributed by atoms with E-state index in [0.29, 0.717) is 5.78 Å². The molecule has 1 atom stereocenters. The second kappa shape index (κ2) is 6.09. The van der Waals surface area contributed by atoms with Crippen molar-refractivity contribution in [1.29, 1.82) is 0 Å². The molecule has 0 N–H and O–H groups in total. The van der Waals surface area contributed by atoms with Crippen molar-refractivity contribution >= 4 is 5.78 Å². The van der Waals surface area contributed by atoms with Gasteiger partial charge in [-0.2, -0.15) is 0 Å². The summed E-state index contributed by atoms with van der Waals surface area (Å²) in [5, 5.41) is 0. The fourth-order valence-corrected chi connectivity index (χ4v) is 3.74. The number of aryl methyl sites for hydroxylation is 2. The fourth-order valence-electron chi connectivity index (χ4n) is 3.74. The summed E-state index contributed by atoms with van der Waals surface area (Å²) in [5.74, 6) is 0.336. The predicted molar refractivity (Wildman–Crippen MR) is 82.3 cm³/mol. The Morgan fingerprint density at radius 3 is 2.50 bits per heavy atom. The molecule has 0 bridgehead atoms. The van der Waals surface area contributed by atoms with Gasteiger partial charge in [-0.25, -0.2) is 0 Å². The molecule has 3 rings (SSSR count). The lowest BCUT2D eigenvalue weighted by Crippen LogP contribution is -2.38. The molecule has 2 nitrogen and oxygen atoms in total. The zero-order valence-electron chi connectivity index (χ0n) is 12.5. The number of ketones is 1. The minimum Gasteiger partial charge on any atom is -0.293 e. The summed E-state index contributed by atoms with van der Waals surface area (Å²) in [7, 11) is 0. The Kier molecular flexibility index (Phi) is 4.21. The lowest BCUT2D eigenvalue weighted by molar-refractivity contribution is 0.0844. The highest BCUT2D eigenvalue weighted by molar-refractivity contribution is 6.00. The quantitative estimate of drug-likeness (QED) is 0.780. The molecule has 1 aliphatic carbocycles. The van der Waals surface area contributed by atoms with E-state index in [2.05, 4.69) is 30.0 Å². The summed E-state index contributed by atoms with van der Waals surface area (Å²) in [5.41, 5.74) is 3.81. The molecule has 0 aromatic heterocycles. The van der Waals surface area contributed by atoms with E-state index in [-0.39, 0.29) is 6.04 Å². The number of likely N-dealkylation sites (tertiary alicyclic amines) is 1. The van der Waals surface area contributed by atoms with E-state index in [0.717, 1.165) is 31.5 Å². The van der Waals surface area contributed by atoms with Crippen LogP contribution in [0.1, 0.15) is 60.5 Å². The molecule has 1 aromatic rings. The summed E-state index contributed by atoms with van der Waals surface area (Å²) < 4.78 is 0. The molecule has 1 unspecified atom stereocenters. The summed E-state index contributed by atoms with van der Waals surface area (Å²) in [4.78, 5) is 15.2. The van der Waals surface area contributed by atoms with Gasteiger partial charge >= 0.3 is 0 Å². The van der Waals surface area contributed by atoms with Gasteiger partial charge in [0.05, 0.1) is 6.04 Å². The Labute approximate surface area is 122 Å². The number of hydrogen-bond acceptors (Lipinski definition) is 2. The molecular weight excluding hydrogens is 246 g/mol. The monoisotopic (exact) mass is 271 g/mol. The number of rotatable bonds is 4. The predicted octanol–water partition coefficient (Wildman–Crippen LogP) is 3.62. The van der Waals surface area contributed by atoms with Gasteiger partial charge in [-0.1, -0.05) is 19.1 Å². The molecular formula is C18H25NO. The first-order chi connectivity index (χ1) is 9.79. The second-order valence-electron chi connectivity index (χ2n) is 6.22. The molecule has 2 aliphatic rings. The van der Waals surface area contributed by atoms with Crippen molar-refractivity contribution in [3.63, 3.8) is 0 Å². The normalized spacial score (nSPS) is 20.6. The third kappa shape index (κ3) is 2.67. The van der Waals surface area contributed by atoms with Gasteiger partial charge < -0.3 is 0 Å². The van der Waals surface area contributed by atoms with Crippen LogP contribution in [-0.2, 0) is 12.8 Å². The molecule has 1 saturated heterocycles. The Balaban J connectivity index is 1.81. The largest absolute Gasteiger partial charge is 0.293 e. The van der Waals surface area contributed by atoms with Crippen molar-refractivity contribution in [3.8, 4) is 0 Å². The summed E-state index contributed by atoms with van der Waals surface area (Å²) >= 11 is 0. The molecule has 0 radical (unpaired) electrons. The maximum Gasteiger partial charge on any atom is 0.179 e. The van der Waals surface area contributed by atoms with Crippen LogP contribution in [0.3, 0.4) is 0 Å². The number of carbonyl (C=O) groups is 1. The van der Waals surface area contributed by atoms with Crippen molar-refractivity contribution in [2.75, 3.05) is 13.1 Å². The number of hydrogen-bond donors (Lipinski definition) is 0. The van der Waals surface area contributed by atoms with Crippen LogP contribution in [0.2, 0.25) is 0 Å². The minimum atomic E-state index is 0.0964. The van der Waals surface area contributed by atoms with Gasteiger partial charge in [0.15, 0.2) is 5.78 Å². The van der Waals surface area contributed by atoms with E-state index in [1.807, 2.05) is 0 Å². The number of carbonyl (C=O) groups excluding carboxylic acids is 1. The molecule has 1 aliphatic heterocycles. The fraction of sp³-hybridized carbons (Fsp3) is 0.611. The average molecular weight is 271 g/mol. The summed E-state index contributed by atoms with van der Waals surface area (Å²) in [6, 6.07) is 6.53. The molecule has 1 heterocycles. The third-order valence-corrected chi connectivity index (χ3v) is 4.90. The third-order valence-electron chi connectivity index (χ3n) is 4.90. The zero-order valence-corrected chi connectivity index (χ0v) is 12.5. The van der Waals surface area contributed by atoms with Gasteiger partial charge in [-0.05, 0) is 75.2 Å². The summed E-state index contributed by atoms with van der Waals surface area (Å²) in [6.45, 7) is 4.32. The van der Waals surface area contributed by atoms with Crippen LogP contribution in [0.25, 0.3) is 0 Å². The zero-order chi connectivity index (χ0) is 13.9. The van der Waals surface area contributed by atoms with Crippen LogP contribution in [-0.4, -0.2) is 29.8 Å². The van der Waals surface area contributed by atoms with Crippen LogP contribution < -0.4 is 0 Å². The highest BCUT2D eigenvalue weighted by atomic mass is 16.1. The Hall–Kier alpha value is -1.15. The maximum atomic E-state index is 12.8. The highest BCUT2D eigenvalue weighted by Crippen LogP contribution is 2.24. The van der Waals surface area contributed by atoms with Crippen molar-refractivity contribution in [2.45, 2.75) is 57.9 Å². The first-order valence-corrected chi connectivity index (χ1v) is 8.19. The van der Waals surface area contributed by atoms with Crippen LogP contribution in [0.15, 0.2) is 18.2 Å². The van der Waals surface area contributed by atoms with E-state index < -0.39 is 0 Å². The molecule has 0 amide bonds. The molecule has 1 aromatic carbocycles.